The van der Waals surface area contributed by atoms with Crippen LogP contribution in [0.5, 0.6) is 0 Å². The summed E-state index contributed by atoms with van der Waals surface area (Å²) in [6.07, 6.45) is 0. The van der Waals surface area contributed by atoms with Crippen molar-refractivity contribution in [2.75, 3.05) is 26.3 Å². The number of hydrogen-bond acceptors (Lipinski definition) is 2. The molecule has 0 bridgehead atoms. The third-order valence-corrected chi connectivity index (χ3v) is 3.13. The highest BCUT2D eigenvalue weighted by molar-refractivity contribution is 9.10. The lowest BCUT2D eigenvalue weighted by Crippen LogP contribution is -2.39. The molecule has 0 aliphatic rings. The second-order valence-electron chi connectivity index (χ2n) is 4.07. The monoisotopic (exact) mass is 345 g/mol. The second kappa shape index (κ2) is 9.72. The fraction of sp³-hybridized carbons (Fsp3) is 0.500. The van der Waals surface area contributed by atoms with Crippen LogP contribution in [0.1, 0.15) is 19.4 Å². The molecular weight excluding hydrogens is 325 g/mol. The summed E-state index contributed by atoms with van der Waals surface area (Å²) in [5.74, 6) is 0.433. The second-order valence-corrected chi connectivity index (χ2v) is 4.92. The highest BCUT2D eigenvalue weighted by Gasteiger charge is 2.01. The molecule has 0 atom stereocenters. The maximum atomic E-state index is 13.4. The van der Waals surface area contributed by atoms with E-state index in [1.807, 2.05) is 19.9 Å². The zero-order chi connectivity index (χ0) is 14.8. The smallest absolute Gasteiger partial charge is 0.191 e. The molecule has 0 aliphatic heterocycles. The minimum absolute atomic E-state index is 0.271. The van der Waals surface area contributed by atoms with Gasteiger partial charge in [-0.15, -0.1) is 0 Å². The van der Waals surface area contributed by atoms with Crippen molar-refractivity contribution in [1.29, 1.82) is 0 Å². The van der Waals surface area contributed by atoms with Crippen LogP contribution in [-0.4, -0.2) is 32.3 Å². The number of halogens is 2. The highest BCUT2D eigenvalue weighted by Crippen LogP contribution is 2.16. The molecule has 0 spiro atoms. The Morgan fingerprint density at radius 2 is 2.15 bits per heavy atom. The molecule has 0 aliphatic carbocycles. The van der Waals surface area contributed by atoms with Gasteiger partial charge in [-0.1, -0.05) is 6.07 Å². The molecule has 6 heteroatoms. The van der Waals surface area contributed by atoms with Gasteiger partial charge in [0.1, 0.15) is 5.82 Å². The molecule has 4 nitrogen and oxygen atoms in total. The Kier molecular flexibility index (Phi) is 8.22. The van der Waals surface area contributed by atoms with Gasteiger partial charge in [0, 0.05) is 19.7 Å². The molecule has 0 heterocycles. The van der Waals surface area contributed by atoms with Crippen LogP contribution >= 0.6 is 15.9 Å². The van der Waals surface area contributed by atoms with Crippen molar-refractivity contribution in [3.05, 3.63) is 34.1 Å². The molecule has 0 saturated carbocycles. The largest absolute Gasteiger partial charge is 0.380 e. The summed E-state index contributed by atoms with van der Waals surface area (Å²) in [5.41, 5.74) is 0.827. The number of benzene rings is 1. The Balaban J connectivity index is 2.54. The van der Waals surface area contributed by atoms with E-state index in [-0.39, 0.29) is 5.82 Å². The Bertz CT molecular complexity index is 440. The number of aliphatic imine (C=N–C) groups is 1. The number of rotatable bonds is 7. The first-order valence-electron chi connectivity index (χ1n) is 6.71. The normalized spacial score (nSPS) is 11.5. The summed E-state index contributed by atoms with van der Waals surface area (Å²) in [6, 6.07) is 5.02. The molecule has 0 aromatic heterocycles. The van der Waals surface area contributed by atoms with E-state index >= 15 is 0 Å². The Labute approximate surface area is 127 Å². The zero-order valence-corrected chi connectivity index (χ0v) is 13.5. The first-order valence-corrected chi connectivity index (χ1v) is 7.50. The summed E-state index contributed by atoms with van der Waals surface area (Å²) in [4.78, 5) is 4.41. The zero-order valence-electron chi connectivity index (χ0n) is 11.9. The van der Waals surface area contributed by atoms with E-state index in [9.17, 15) is 4.39 Å². The van der Waals surface area contributed by atoms with Crippen LogP contribution in [0.3, 0.4) is 0 Å². The summed E-state index contributed by atoms with van der Waals surface area (Å²) >= 11 is 3.13. The van der Waals surface area contributed by atoms with Gasteiger partial charge in [0.2, 0.25) is 0 Å². The lowest BCUT2D eigenvalue weighted by atomic mass is 10.2. The fourth-order valence-electron chi connectivity index (χ4n) is 1.54. The maximum Gasteiger partial charge on any atom is 0.191 e. The van der Waals surface area contributed by atoms with Gasteiger partial charge < -0.3 is 15.4 Å². The maximum absolute atomic E-state index is 13.4. The average molecular weight is 346 g/mol. The van der Waals surface area contributed by atoms with Gasteiger partial charge in [0.05, 0.1) is 17.6 Å². The van der Waals surface area contributed by atoms with E-state index < -0.39 is 0 Å². The van der Waals surface area contributed by atoms with E-state index in [0.29, 0.717) is 36.7 Å². The molecule has 0 saturated heterocycles. The minimum atomic E-state index is -0.271. The first-order chi connectivity index (χ1) is 9.67. The summed E-state index contributed by atoms with van der Waals surface area (Å²) in [7, 11) is 0. The van der Waals surface area contributed by atoms with Gasteiger partial charge in [0.15, 0.2) is 5.96 Å². The lowest BCUT2D eigenvalue weighted by molar-refractivity contribution is 0.152. The molecule has 0 fully saturated rings. The van der Waals surface area contributed by atoms with Crippen LogP contribution in [0.2, 0.25) is 0 Å². The van der Waals surface area contributed by atoms with Crippen LogP contribution in [0, 0.1) is 5.82 Å². The van der Waals surface area contributed by atoms with Crippen molar-refractivity contribution >= 4 is 21.9 Å². The topological polar surface area (TPSA) is 45.7 Å². The molecule has 1 aromatic rings. The van der Waals surface area contributed by atoms with Crippen molar-refractivity contribution in [1.82, 2.24) is 10.6 Å². The molecular formula is C14H21BrFN3O. The standard InChI is InChI=1S/C14H21BrFN3O/c1-3-17-14(18-7-8-20-4-2)19-10-11-5-6-12(15)13(16)9-11/h5-6,9H,3-4,7-8,10H2,1-2H3,(H2,17,18,19). The van der Waals surface area contributed by atoms with Crippen LogP contribution in [0.4, 0.5) is 4.39 Å². The molecule has 20 heavy (non-hydrogen) atoms. The predicted molar refractivity (Wildman–Crippen MR) is 83.4 cm³/mol. The molecule has 0 unspecified atom stereocenters. The van der Waals surface area contributed by atoms with Crippen LogP contribution in [0.25, 0.3) is 0 Å². The number of nitrogens with zero attached hydrogens (tertiary/aromatic N) is 1. The van der Waals surface area contributed by atoms with E-state index in [4.69, 9.17) is 4.74 Å². The van der Waals surface area contributed by atoms with Crippen molar-refractivity contribution < 1.29 is 9.13 Å². The first kappa shape index (κ1) is 16.9. The van der Waals surface area contributed by atoms with Crippen LogP contribution < -0.4 is 10.6 Å². The third-order valence-electron chi connectivity index (χ3n) is 2.49. The van der Waals surface area contributed by atoms with Gasteiger partial charge in [-0.05, 0) is 47.5 Å². The van der Waals surface area contributed by atoms with E-state index in [0.717, 1.165) is 12.1 Å². The van der Waals surface area contributed by atoms with E-state index in [1.54, 1.807) is 6.07 Å². The quantitative estimate of drug-likeness (QED) is 0.453. The van der Waals surface area contributed by atoms with Crippen LogP contribution in [-0.2, 0) is 11.3 Å². The van der Waals surface area contributed by atoms with Gasteiger partial charge >= 0.3 is 0 Å². The predicted octanol–water partition coefficient (Wildman–Crippen LogP) is 2.68. The SMILES string of the molecule is CCNC(=NCc1ccc(Br)c(F)c1)NCCOCC. The number of guanidine groups is 1. The Morgan fingerprint density at radius 3 is 2.80 bits per heavy atom. The van der Waals surface area contributed by atoms with Gasteiger partial charge in [0.25, 0.3) is 0 Å². The number of ether oxygens (including phenoxy) is 1. The molecule has 1 rings (SSSR count). The molecule has 2 N–H and O–H groups in total. The summed E-state index contributed by atoms with van der Waals surface area (Å²) in [6.45, 7) is 7.18. The number of hydrogen-bond donors (Lipinski definition) is 2. The van der Waals surface area contributed by atoms with E-state index in [1.165, 1.54) is 6.07 Å². The average Bonchev–Trinajstić information content (AvgIpc) is 2.44. The van der Waals surface area contributed by atoms with Crippen molar-refractivity contribution in [3.8, 4) is 0 Å². The molecule has 1 aromatic carbocycles. The van der Waals surface area contributed by atoms with Crippen molar-refractivity contribution in [3.63, 3.8) is 0 Å². The highest BCUT2D eigenvalue weighted by atomic mass is 79.9. The number of nitrogens with one attached hydrogen (secondary N) is 2. The van der Waals surface area contributed by atoms with Gasteiger partial charge in [-0.2, -0.15) is 0 Å². The molecule has 0 radical (unpaired) electrons. The molecule has 0 amide bonds. The lowest BCUT2D eigenvalue weighted by Gasteiger charge is -2.11. The third kappa shape index (κ3) is 6.34. The Morgan fingerprint density at radius 1 is 1.35 bits per heavy atom. The Hall–Kier alpha value is -1.14. The van der Waals surface area contributed by atoms with Gasteiger partial charge in [-0.3, -0.25) is 0 Å². The molecule has 112 valence electrons. The van der Waals surface area contributed by atoms with E-state index in [2.05, 4.69) is 31.6 Å². The summed E-state index contributed by atoms with van der Waals surface area (Å²) < 4.78 is 19.1. The van der Waals surface area contributed by atoms with Gasteiger partial charge in [-0.25, -0.2) is 9.38 Å². The summed E-state index contributed by atoms with van der Waals surface area (Å²) in [5, 5.41) is 6.30. The van der Waals surface area contributed by atoms with Crippen LogP contribution in [0.15, 0.2) is 27.7 Å². The van der Waals surface area contributed by atoms with Crippen molar-refractivity contribution in [2.45, 2.75) is 20.4 Å². The van der Waals surface area contributed by atoms with Crippen molar-refractivity contribution in [2.24, 2.45) is 4.99 Å². The fourth-order valence-corrected chi connectivity index (χ4v) is 1.78. The minimum Gasteiger partial charge on any atom is -0.380 e.